The Hall–Kier alpha value is -0.750. The lowest BCUT2D eigenvalue weighted by molar-refractivity contribution is -0.189. The van der Waals surface area contributed by atoms with Crippen LogP contribution in [0.25, 0.3) is 0 Å². The molecule has 0 radical (unpaired) electrons. The second-order valence-electron chi connectivity index (χ2n) is 7.32. The third kappa shape index (κ3) is 2.26. The van der Waals surface area contributed by atoms with Crippen molar-refractivity contribution in [2.45, 2.75) is 88.5 Å². The van der Waals surface area contributed by atoms with Crippen molar-refractivity contribution in [3.05, 3.63) is 11.1 Å². The highest BCUT2D eigenvalue weighted by atomic mass is 16.7. The van der Waals surface area contributed by atoms with Gasteiger partial charge in [0.15, 0.2) is 0 Å². The zero-order valence-corrected chi connectivity index (χ0v) is 13.5. The number of carbonyl (C=O) groups excluding carboxylic acids is 1. The number of aldehydes is 1. The van der Waals surface area contributed by atoms with Crippen LogP contribution in [-0.2, 0) is 14.3 Å². The molecule has 2 fully saturated rings. The van der Waals surface area contributed by atoms with E-state index in [1.807, 2.05) is 13.8 Å². The lowest BCUT2D eigenvalue weighted by atomic mass is 9.72. The Morgan fingerprint density at radius 2 is 2.00 bits per heavy atom. The van der Waals surface area contributed by atoms with E-state index in [-0.39, 0.29) is 6.10 Å². The molecule has 2 saturated heterocycles. The van der Waals surface area contributed by atoms with Gasteiger partial charge in [-0.2, -0.15) is 0 Å². The molecule has 3 aliphatic rings. The van der Waals surface area contributed by atoms with Crippen LogP contribution in [0.4, 0.5) is 0 Å². The Morgan fingerprint density at radius 1 is 1.27 bits per heavy atom. The van der Waals surface area contributed by atoms with Crippen LogP contribution in [0, 0.1) is 0 Å². The highest BCUT2D eigenvalue weighted by Gasteiger charge is 2.72. The molecule has 0 bridgehead atoms. The maximum atomic E-state index is 11.7. The first-order chi connectivity index (χ1) is 10.4. The quantitative estimate of drug-likeness (QED) is 0.457. The fourth-order valence-corrected chi connectivity index (χ4v) is 3.89. The van der Waals surface area contributed by atoms with E-state index in [0.717, 1.165) is 31.1 Å². The fourth-order valence-electron chi connectivity index (χ4n) is 3.89. The second kappa shape index (κ2) is 5.41. The normalized spacial score (nSPS) is 42.6. The second-order valence-corrected chi connectivity index (χ2v) is 7.32. The summed E-state index contributed by atoms with van der Waals surface area (Å²) in [4.78, 5) is 11.7. The minimum atomic E-state index is -0.759. The molecule has 3 rings (SSSR count). The number of aliphatic hydroxyl groups is 2. The van der Waals surface area contributed by atoms with E-state index in [0.29, 0.717) is 18.4 Å². The number of carbonyl (C=O) groups is 1. The Bertz CT molecular complexity index is 497. The van der Waals surface area contributed by atoms with Gasteiger partial charge in [-0.3, -0.25) is 4.79 Å². The number of ether oxygens (including phenoxy) is 2. The van der Waals surface area contributed by atoms with E-state index >= 15 is 0 Å². The van der Waals surface area contributed by atoms with Crippen molar-refractivity contribution in [1.29, 1.82) is 0 Å². The summed E-state index contributed by atoms with van der Waals surface area (Å²) in [6, 6.07) is 0. The van der Waals surface area contributed by atoms with E-state index in [9.17, 15) is 15.0 Å². The maximum absolute atomic E-state index is 11.7. The van der Waals surface area contributed by atoms with Gasteiger partial charge in [0.2, 0.25) is 0 Å². The third-order valence-corrected chi connectivity index (χ3v) is 5.42. The van der Waals surface area contributed by atoms with Gasteiger partial charge in [0.1, 0.15) is 30.2 Å². The highest BCUT2D eigenvalue weighted by molar-refractivity contribution is 5.78. The molecule has 5 atom stereocenters. The minimum Gasteiger partial charge on any atom is -0.390 e. The summed E-state index contributed by atoms with van der Waals surface area (Å²) in [6.45, 7) is 5.77. The summed E-state index contributed by atoms with van der Waals surface area (Å²) >= 11 is 0. The monoisotopic (exact) mass is 310 g/mol. The predicted molar refractivity (Wildman–Crippen MR) is 80.4 cm³/mol. The van der Waals surface area contributed by atoms with Crippen molar-refractivity contribution in [2.75, 3.05) is 0 Å². The molecule has 5 heteroatoms. The van der Waals surface area contributed by atoms with E-state index in [1.165, 1.54) is 0 Å². The summed E-state index contributed by atoms with van der Waals surface area (Å²) in [5.74, 6) is 0. The first-order valence-corrected chi connectivity index (χ1v) is 8.27. The molecule has 0 aromatic heterocycles. The van der Waals surface area contributed by atoms with Crippen LogP contribution >= 0.6 is 0 Å². The van der Waals surface area contributed by atoms with E-state index in [4.69, 9.17) is 9.47 Å². The summed E-state index contributed by atoms with van der Waals surface area (Å²) in [5.41, 5.74) is -0.160. The predicted octanol–water partition coefficient (Wildman–Crippen LogP) is 1.50. The van der Waals surface area contributed by atoms with E-state index in [1.54, 1.807) is 0 Å². The zero-order valence-electron chi connectivity index (χ0n) is 13.5. The molecule has 5 nitrogen and oxygen atoms in total. The van der Waals surface area contributed by atoms with Crippen molar-refractivity contribution in [2.24, 2.45) is 0 Å². The van der Waals surface area contributed by atoms with Crippen LogP contribution in [0.2, 0.25) is 0 Å². The molecule has 1 unspecified atom stereocenters. The van der Waals surface area contributed by atoms with Crippen LogP contribution < -0.4 is 0 Å². The van der Waals surface area contributed by atoms with E-state index in [2.05, 4.69) is 6.92 Å². The largest absolute Gasteiger partial charge is 0.390 e. The minimum absolute atomic E-state index is 0.358. The van der Waals surface area contributed by atoms with Gasteiger partial charge in [0.05, 0.1) is 11.7 Å². The molecule has 1 aliphatic carbocycles. The molecule has 2 heterocycles. The molecule has 124 valence electrons. The standard InChI is InChI=1S/C17H26O5/c1-4-5-6-7-10-11(9-18)14-17(15(22-17)13(10)20)8-12(19)16(2,3)21-14/h9,12-15,19-20H,4-8H2,1-3H3/t12-,13?,14-,15-,17+/m1/s1. The van der Waals surface area contributed by atoms with E-state index < -0.39 is 29.5 Å². The van der Waals surface area contributed by atoms with Crippen LogP contribution in [0.3, 0.4) is 0 Å². The lowest BCUT2D eigenvalue weighted by Crippen LogP contribution is -2.59. The number of rotatable bonds is 5. The topological polar surface area (TPSA) is 79.3 Å². The number of unbranched alkanes of at least 4 members (excludes halogenated alkanes) is 2. The molecule has 0 aromatic rings. The Kier molecular flexibility index (Phi) is 3.96. The van der Waals surface area contributed by atoms with Crippen LogP contribution in [0.15, 0.2) is 11.1 Å². The summed E-state index contributed by atoms with van der Waals surface area (Å²) < 4.78 is 11.8. The molecule has 0 amide bonds. The third-order valence-electron chi connectivity index (χ3n) is 5.42. The molecule has 2 N–H and O–H groups in total. The van der Waals surface area contributed by atoms with Crippen molar-refractivity contribution in [1.82, 2.24) is 0 Å². The van der Waals surface area contributed by atoms with Gasteiger partial charge in [-0.25, -0.2) is 0 Å². The fraction of sp³-hybridized carbons (Fsp3) is 0.824. The van der Waals surface area contributed by atoms with Gasteiger partial charge >= 0.3 is 0 Å². The van der Waals surface area contributed by atoms with Crippen molar-refractivity contribution >= 4 is 6.29 Å². The average Bonchev–Trinajstić information content (AvgIpc) is 3.18. The van der Waals surface area contributed by atoms with Crippen LogP contribution in [-0.4, -0.2) is 52.1 Å². The summed E-state index contributed by atoms with van der Waals surface area (Å²) in [6.07, 6.45) is 2.73. The number of hydrogen-bond acceptors (Lipinski definition) is 5. The molecular formula is C17H26O5. The molecule has 22 heavy (non-hydrogen) atoms. The van der Waals surface area contributed by atoms with Gasteiger partial charge < -0.3 is 19.7 Å². The van der Waals surface area contributed by atoms with Crippen molar-refractivity contribution in [3.63, 3.8) is 0 Å². The Labute approximate surface area is 131 Å². The zero-order chi connectivity index (χ0) is 16.1. The molecule has 2 aliphatic heterocycles. The number of epoxide rings is 1. The lowest BCUT2D eigenvalue weighted by Gasteiger charge is -2.46. The van der Waals surface area contributed by atoms with Crippen molar-refractivity contribution < 1.29 is 24.5 Å². The van der Waals surface area contributed by atoms with Gasteiger partial charge in [-0.05, 0) is 32.3 Å². The van der Waals surface area contributed by atoms with Gasteiger partial charge in [-0.15, -0.1) is 0 Å². The van der Waals surface area contributed by atoms with Gasteiger partial charge in [0, 0.05) is 12.0 Å². The molecular weight excluding hydrogens is 284 g/mol. The molecule has 0 saturated carbocycles. The SMILES string of the molecule is CCCCCC1=C(C=O)[C@H]2OC(C)(C)[C@H](O)C[C@]23O[C@@H]3C1O. The maximum Gasteiger partial charge on any atom is 0.148 e. The molecule has 1 spiro atoms. The first kappa shape index (κ1) is 16.1. The van der Waals surface area contributed by atoms with Gasteiger partial charge in [-0.1, -0.05) is 19.8 Å². The average molecular weight is 310 g/mol. The number of aliphatic hydroxyl groups excluding tert-OH is 2. The van der Waals surface area contributed by atoms with Gasteiger partial charge in [0.25, 0.3) is 0 Å². The summed E-state index contributed by atoms with van der Waals surface area (Å²) in [5, 5.41) is 20.8. The summed E-state index contributed by atoms with van der Waals surface area (Å²) in [7, 11) is 0. The molecule has 0 aromatic carbocycles. The van der Waals surface area contributed by atoms with Crippen LogP contribution in [0.5, 0.6) is 0 Å². The van der Waals surface area contributed by atoms with Crippen molar-refractivity contribution in [3.8, 4) is 0 Å². The Morgan fingerprint density at radius 3 is 2.64 bits per heavy atom. The first-order valence-electron chi connectivity index (χ1n) is 8.27. The smallest absolute Gasteiger partial charge is 0.148 e. The van der Waals surface area contributed by atoms with Crippen LogP contribution in [0.1, 0.15) is 52.9 Å². The highest BCUT2D eigenvalue weighted by Crippen LogP contribution is 2.58. The number of hydrogen-bond donors (Lipinski definition) is 2. The Balaban J connectivity index is 1.92.